The molecule has 5 nitrogen and oxygen atoms in total. The van der Waals surface area contributed by atoms with Crippen LogP contribution in [0, 0.1) is 13.8 Å². The van der Waals surface area contributed by atoms with Gasteiger partial charge < -0.3 is 5.11 Å². The van der Waals surface area contributed by atoms with E-state index >= 15 is 0 Å². The number of anilines is 1. The molecule has 0 aliphatic heterocycles. The fourth-order valence-corrected chi connectivity index (χ4v) is 2.39. The zero-order valence-electron chi connectivity index (χ0n) is 9.97. The summed E-state index contributed by atoms with van der Waals surface area (Å²) in [4.78, 5) is 10.7. The van der Waals surface area contributed by atoms with E-state index in [2.05, 4.69) is 0 Å². The van der Waals surface area contributed by atoms with E-state index < -0.39 is 22.5 Å². The van der Waals surface area contributed by atoms with Gasteiger partial charge in [-0.1, -0.05) is 12.1 Å². The van der Waals surface area contributed by atoms with Crippen molar-refractivity contribution in [2.45, 2.75) is 13.8 Å². The Balaban J connectivity index is 3.31. The average molecular weight is 257 g/mol. The molecule has 94 valence electrons. The Morgan fingerprint density at radius 2 is 1.94 bits per heavy atom. The molecule has 0 saturated heterocycles. The second-order valence-electron chi connectivity index (χ2n) is 3.95. The van der Waals surface area contributed by atoms with E-state index in [1.807, 2.05) is 13.0 Å². The van der Waals surface area contributed by atoms with Crippen molar-refractivity contribution >= 4 is 21.7 Å². The molecule has 1 rings (SSSR count). The summed E-state index contributed by atoms with van der Waals surface area (Å²) in [6, 6.07) is 5.28. The first-order chi connectivity index (χ1) is 7.71. The van der Waals surface area contributed by atoms with Crippen molar-refractivity contribution in [2.24, 2.45) is 0 Å². The quantitative estimate of drug-likeness (QED) is 0.878. The monoisotopic (exact) mass is 257 g/mol. The van der Waals surface area contributed by atoms with E-state index in [0.717, 1.165) is 21.7 Å². The van der Waals surface area contributed by atoms with Crippen LogP contribution >= 0.6 is 0 Å². The zero-order chi connectivity index (χ0) is 13.2. The number of hydrogen-bond donors (Lipinski definition) is 1. The first-order valence-corrected chi connectivity index (χ1v) is 6.83. The van der Waals surface area contributed by atoms with Crippen LogP contribution in [-0.2, 0) is 14.8 Å². The molecule has 1 aromatic rings. The van der Waals surface area contributed by atoms with E-state index in [9.17, 15) is 13.2 Å². The summed E-state index contributed by atoms with van der Waals surface area (Å²) in [5.41, 5.74) is 2.02. The van der Waals surface area contributed by atoms with Crippen LogP contribution in [0.5, 0.6) is 0 Å². The van der Waals surface area contributed by atoms with Crippen molar-refractivity contribution < 1.29 is 18.3 Å². The number of hydrogen-bond acceptors (Lipinski definition) is 3. The third-order valence-corrected chi connectivity index (χ3v) is 3.44. The highest BCUT2D eigenvalue weighted by molar-refractivity contribution is 7.92. The van der Waals surface area contributed by atoms with Crippen molar-refractivity contribution in [2.75, 3.05) is 17.1 Å². The molecule has 0 radical (unpaired) electrons. The van der Waals surface area contributed by atoms with Crippen LogP contribution in [0.1, 0.15) is 11.1 Å². The summed E-state index contributed by atoms with van der Waals surface area (Å²) in [7, 11) is -3.60. The molecule has 0 bridgehead atoms. The Kier molecular flexibility index (Phi) is 3.77. The van der Waals surface area contributed by atoms with Gasteiger partial charge in [-0.25, -0.2) is 8.42 Å². The molecular formula is C11H15NO4S. The van der Waals surface area contributed by atoms with Crippen LogP contribution in [0.25, 0.3) is 0 Å². The molecule has 0 aromatic heterocycles. The molecule has 1 N–H and O–H groups in total. The maximum Gasteiger partial charge on any atom is 0.324 e. The van der Waals surface area contributed by atoms with Crippen LogP contribution in [0.3, 0.4) is 0 Å². The van der Waals surface area contributed by atoms with Gasteiger partial charge in [0.15, 0.2) is 0 Å². The normalized spacial score (nSPS) is 11.2. The summed E-state index contributed by atoms with van der Waals surface area (Å²) >= 11 is 0. The Labute approximate surface area is 101 Å². The lowest BCUT2D eigenvalue weighted by Gasteiger charge is -2.22. The molecule has 0 spiro atoms. The van der Waals surface area contributed by atoms with Gasteiger partial charge >= 0.3 is 5.97 Å². The first kappa shape index (κ1) is 13.5. The van der Waals surface area contributed by atoms with E-state index in [0.29, 0.717) is 5.69 Å². The minimum Gasteiger partial charge on any atom is -0.480 e. The third kappa shape index (κ3) is 3.45. The maximum atomic E-state index is 11.6. The van der Waals surface area contributed by atoms with E-state index in [1.54, 1.807) is 19.1 Å². The Morgan fingerprint density at radius 1 is 1.35 bits per heavy atom. The van der Waals surface area contributed by atoms with E-state index in [1.165, 1.54) is 0 Å². The molecule has 0 unspecified atom stereocenters. The number of sulfonamides is 1. The van der Waals surface area contributed by atoms with Gasteiger partial charge in [-0.2, -0.15) is 0 Å². The molecule has 6 heteroatoms. The molecule has 0 saturated carbocycles. The number of carbonyl (C=O) groups is 1. The maximum absolute atomic E-state index is 11.6. The lowest BCUT2D eigenvalue weighted by atomic mass is 10.1. The Hall–Kier alpha value is -1.56. The second-order valence-corrected chi connectivity index (χ2v) is 5.86. The molecule has 0 fully saturated rings. The number of rotatable bonds is 4. The summed E-state index contributed by atoms with van der Waals surface area (Å²) in [5.74, 6) is -1.18. The van der Waals surface area contributed by atoms with Crippen molar-refractivity contribution in [3.8, 4) is 0 Å². The third-order valence-electron chi connectivity index (χ3n) is 2.31. The van der Waals surface area contributed by atoms with Crippen LogP contribution in [0.4, 0.5) is 5.69 Å². The summed E-state index contributed by atoms with van der Waals surface area (Å²) in [5, 5.41) is 8.76. The van der Waals surface area contributed by atoms with Gasteiger partial charge in [-0.05, 0) is 31.0 Å². The molecule has 0 amide bonds. The molecule has 17 heavy (non-hydrogen) atoms. The van der Waals surface area contributed by atoms with E-state index in [4.69, 9.17) is 5.11 Å². The average Bonchev–Trinajstić information content (AvgIpc) is 2.16. The molecule has 0 aliphatic carbocycles. The molecule has 0 heterocycles. The van der Waals surface area contributed by atoms with Crippen molar-refractivity contribution in [1.82, 2.24) is 0 Å². The van der Waals surface area contributed by atoms with Gasteiger partial charge in [-0.15, -0.1) is 0 Å². The standard InChI is InChI=1S/C11H15NO4S/c1-8-4-5-9(2)10(6-8)12(7-11(13)14)17(3,15)16/h4-6H,7H2,1-3H3,(H,13,14). The Morgan fingerprint density at radius 3 is 2.41 bits per heavy atom. The van der Waals surface area contributed by atoms with Crippen LogP contribution in [0.15, 0.2) is 18.2 Å². The van der Waals surface area contributed by atoms with Crippen molar-refractivity contribution in [1.29, 1.82) is 0 Å². The highest BCUT2D eigenvalue weighted by atomic mass is 32.2. The summed E-state index contributed by atoms with van der Waals surface area (Å²) in [6.07, 6.45) is 0.998. The minimum absolute atomic E-state index is 0.412. The summed E-state index contributed by atoms with van der Waals surface area (Å²) in [6.45, 7) is 3.00. The van der Waals surface area contributed by atoms with E-state index in [-0.39, 0.29) is 0 Å². The topological polar surface area (TPSA) is 74.7 Å². The van der Waals surface area contributed by atoms with Crippen molar-refractivity contribution in [3.05, 3.63) is 29.3 Å². The highest BCUT2D eigenvalue weighted by Crippen LogP contribution is 2.23. The zero-order valence-corrected chi connectivity index (χ0v) is 10.8. The fraction of sp³-hybridized carbons (Fsp3) is 0.364. The SMILES string of the molecule is Cc1ccc(C)c(N(CC(=O)O)S(C)(=O)=O)c1. The summed E-state index contributed by atoms with van der Waals surface area (Å²) < 4.78 is 24.1. The van der Waals surface area contributed by atoms with Crippen molar-refractivity contribution in [3.63, 3.8) is 0 Å². The number of carboxylic acids is 1. The smallest absolute Gasteiger partial charge is 0.324 e. The molecule has 0 atom stereocenters. The predicted molar refractivity (Wildman–Crippen MR) is 65.7 cm³/mol. The number of aryl methyl sites for hydroxylation is 2. The number of nitrogens with zero attached hydrogens (tertiary/aromatic N) is 1. The van der Waals surface area contributed by atoms with Crippen LogP contribution in [-0.4, -0.2) is 32.3 Å². The van der Waals surface area contributed by atoms with Gasteiger partial charge in [0.2, 0.25) is 10.0 Å². The lowest BCUT2D eigenvalue weighted by molar-refractivity contribution is -0.135. The lowest BCUT2D eigenvalue weighted by Crippen LogP contribution is -2.35. The first-order valence-electron chi connectivity index (χ1n) is 4.98. The Bertz CT molecular complexity index is 536. The highest BCUT2D eigenvalue weighted by Gasteiger charge is 2.21. The fourth-order valence-electron chi connectivity index (χ4n) is 1.49. The number of carboxylic acid groups (broad SMARTS) is 1. The van der Waals surface area contributed by atoms with Gasteiger partial charge in [0.25, 0.3) is 0 Å². The molecular weight excluding hydrogens is 242 g/mol. The van der Waals surface area contributed by atoms with Crippen LogP contribution in [0.2, 0.25) is 0 Å². The van der Waals surface area contributed by atoms with Gasteiger partial charge in [0.1, 0.15) is 6.54 Å². The largest absolute Gasteiger partial charge is 0.480 e. The molecule has 1 aromatic carbocycles. The number of benzene rings is 1. The van der Waals surface area contributed by atoms with Gasteiger partial charge in [0.05, 0.1) is 11.9 Å². The second kappa shape index (κ2) is 4.75. The molecule has 0 aliphatic rings. The number of aliphatic carboxylic acids is 1. The van der Waals surface area contributed by atoms with Crippen LogP contribution < -0.4 is 4.31 Å². The van der Waals surface area contributed by atoms with Gasteiger partial charge in [0, 0.05) is 0 Å². The van der Waals surface area contributed by atoms with Gasteiger partial charge in [-0.3, -0.25) is 9.10 Å². The predicted octanol–water partition coefficient (Wildman–Crippen LogP) is 1.15. The minimum atomic E-state index is -3.60.